The Labute approximate surface area is 99.6 Å². The van der Waals surface area contributed by atoms with Crippen molar-refractivity contribution in [3.63, 3.8) is 0 Å². The zero-order chi connectivity index (χ0) is 12.4. The lowest BCUT2D eigenvalue weighted by Gasteiger charge is -1.99. The van der Waals surface area contributed by atoms with Crippen LogP contribution in [0, 0.1) is 0 Å². The van der Waals surface area contributed by atoms with Crippen molar-refractivity contribution in [3.8, 4) is 5.95 Å². The Kier molecular flexibility index (Phi) is 2.83. The monoisotopic (exact) mass is 255 g/mol. The molecular formula is C7H6ClN7O2. The number of rotatable bonds is 2. The predicted molar refractivity (Wildman–Crippen MR) is 55.5 cm³/mol. The van der Waals surface area contributed by atoms with Gasteiger partial charge in [-0.15, -0.1) is 5.10 Å². The molecule has 0 unspecified atom stereocenters. The second kappa shape index (κ2) is 4.29. The number of carbonyl (C=O) groups excluding carboxylic acids is 1. The summed E-state index contributed by atoms with van der Waals surface area (Å²) in [4.78, 5) is 26.0. The molecule has 0 saturated heterocycles. The van der Waals surface area contributed by atoms with Crippen LogP contribution in [-0.4, -0.2) is 42.8 Å². The summed E-state index contributed by atoms with van der Waals surface area (Å²) in [6.45, 7) is 0. The summed E-state index contributed by atoms with van der Waals surface area (Å²) < 4.78 is 5.59. The highest BCUT2D eigenvalue weighted by atomic mass is 35.5. The van der Waals surface area contributed by atoms with Crippen molar-refractivity contribution in [2.45, 2.75) is 0 Å². The van der Waals surface area contributed by atoms with Crippen LogP contribution in [0.1, 0.15) is 10.6 Å². The molecule has 0 aliphatic rings. The summed E-state index contributed by atoms with van der Waals surface area (Å²) in [6.07, 6.45) is 1.23. The van der Waals surface area contributed by atoms with Gasteiger partial charge in [0.05, 0.1) is 7.11 Å². The van der Waals surface area contributed by atoms with Crippen LogP contribution in [0.2, 0.25) is 5.28 Å². The molecule has 2 rings (SSSR count). The fraction of sp³-hybridized carbons (Fsp3) is 0.143. The number of anilines is 1. The summed E-state index contributed by atoms with van der Waals surface area (Å²) in [5.41, 5.74) is 5.39. The molecule has 0 amide bonds. The van der Waals surface area contributed by atoms with E-state index in [1.807, 2.05) is 0 Å². The quantitative estimate of drug-likeness (QED) is 0.711. The first-order chi connectivity index (χ1) is 8.10. The Morgan fingerprint density at radius 3 is 2.88 bits per heavy atom. The van der Waals surface area contributed by atoms with Crippen molar-refractivity contribution >= 4 is 23.5 Å². The number of carbonyl (C=O) groups is 1. The summed E-state index contributed by atoms with van der Waals surface area (Å²) in [5, 5.41) is 3.72. The van der Waals surface area contributed by atoms with E-state index in [4.69, 9.17) is 17.3 Å². The van der Waals surface area contributed by atoms with Gasteiger partial charge in [0.25, 0.3) is 11.8 Å². The Morgan fingerprint density at radius 1 is 1.47 bits per heavy atom. The standard InChI is InChI=1S/C7H6ClN7O2/c1-17-4(16)3-10-2-15(14-3)7-12-5(8)11-6(9)13-7/h2H,1H3,(H2,9,11,12,13). The number of esters is 1. The maximum absolute atomic E-state index is 11.1. The van der Waals surface area contributed by atoms with Crippen LogP contribution in [0.25, 0.3) is 5.95 Å². The third-order valence-corrected chi connectivity index (χ3v) is 1.85. The zero-order valence-electron chi connectivity index (χ0n) is 8.53. The molecule has 0 atom stereocenters. The van der Waals surface area contributed by atoms with Crippen LogP contribution >= 0.6 is 11.6 Å². The molecule has 0 fully saturated rings. The average Bonchev–Trinajstić information content (AvgIpc) is 2.76. The predicted octanol–water partition coefficient (Wildman–Crippen LogP) is -0.526. The number of nitrogen functional groups attached to an aromatic ring is 1. The summed E-state index contributed by atoms with van der Waals surface area (Å²) in [5.74, 6) is -0.792. The van der Waals surface area contributed by atoms with Gasteiger partial charge >= 0.3 is 5.97 Å². The van der Waals surface area contributed by atoms with Gasteiger partial charge in [-0.25, -0.2) is 9.78 Å². The van der Waals surface area contributed by atoms with Crippen LogP contribution in [0.5, 0.6) is 0 Å². The van der Waals surface area contributed by atoms with Crippen LogP contribution in [-0.2, 0) is 4.74 Å². The molecule has 0 bridgehead atoms. The molecule has 2 N–H and O–H groups in total. The molecule has 2 aromatic heterocycles. The highest BCUT2D eigenvalue weighted by Crippen LogP contribution is 2.06. The van der Waals surface area contributed by atoms with E-state index < -0.39 is 5.97 Å². The number of aromatic nitrogens is 6. The second-order valence-corrected chi connectivity index (χ2v) is 3.11. The minimum Gasteiger partial charge on any atom is -0.463 e. The molecule has 17 heavy (non-hydrogen) atoms. The van der Waals surface area contributed by atoms with Crippen molar-refractivity contribution in [1.29, 1.82) is 0 Å². The topological polar surface area (TPSA) is 122 Å². The van der Waals surface area contributed by atoms with E-state index in [0.717, 1.165) is 4.68 Å². The van der Waals surface area contributed by atoms with Gasteiger partial charge in [-0.1, -0.05) is 0 Å². The first-order valence-electron chi connectivity index (χ1n) is 4.27. The highest BCUT2D eigenvalue weighted by Gasteiger charge is 2.13. The molecule has 0 aliphatic heterocycles. The van der Waals surface area contributed by atoms with Gasteiger partial charge < -0.3 is 10.5 Å². The number of hydrogen-bond donors (Lipinski definition) is 1. The number of nitrogens with two attached hydrogens (primary N) is 1. The Bertz CT molecular complexity index is 549. The van der Waals surface area contributed by atoms with E-state index in [9.17, 15) is 4.79 Å². The maximum atomic E-state index is 11.1. The first kappa shape index (κ1) is 11.2. The van der Waals surface area contributed by atoms with Gasteiger partial charge in [0.2, 0.25) is 11.2 Å². The molecule has 10 heteroatoms. The lowest BCUT2D eigenvalue weighted by molar-refractivity contribution is 0.0587. The fourth-order valence-electron chi connectivity index (χ4n) is 1.00. The molecule has 88 valence electrons. The van der Waals surface area contributed by atoms with Crippen LogP contribution in [0.15, 0.2) is 6.33 Å². The molecule has 0 saturated carbocycles. The van der Waals surface area contributed by atoms with E-state index in [1.54, 1.807) is 0 Å². The minimum atomic E-state index is -0.670. The highest BCUT2D eigenvalue weighted by molar-refractivity contribution is 6.28. The number of hydrogen-bond acceptors (Lipinski definition) is 8. The number of nitrogens with zero attached hydrogens (tertiary/aromatic N) is 6. The van der Waals surface area contributed by atoms with E-state index in [2.05, 4.69) is 29.8 Å². The molecule has 0 radical (unpaired) electrons. The van der Waals surface area contributed by atoms with Crippen LogP contribution in [0.4, 0.5) is 5.95 Å². The Balaban J connectivity index is 2.40. The van der Waals surface area contributed by atoms with Gasteiger partial charge in [0.15, 0.2) is 0 Å². The largest absolute Gasteiger partial charge is 0.463 e. The van der Waals surface area contributed by atoms with Gasteiger partial charge in [0.1, 0.15) is 6.33 Å². The lowest BCUT2D eigenvalue weighted by Crippen LogP contribution is -2.09. The summed E-state index contributed by atoms with van der Waals surface area (Å²) >= 11 is 5.60. The van der Waals surface area contributed by atoms with Gasteiger partial charge in [-0.05, 0) is 11.6 Å². The van der Waals surface area contributed by atoms with Crippen LogP contribution in [0.3, 0.4) is 0 Å². The molecule has 2 heterocycles. The van der Waals surface area contributed by atoms with E-state index in [-0.39, 0.29) is 23.0 Å². The molecule has 2 aromatic rings. The van der Waals surface area contributed by atoms with Crippen molar-refractivity contribution in [2.24, 2.45) is 0 Å². The van der Waals surface area contributed by atoms with Gasteiger partial charge in [-0.2, -0.15) is 19.6 Å². The third kappa shape index (κ3) is 2.28. The minimum absolute atomic E-state index is 0.0601. The second-order valence-electron chi connectivity index (χ2n) is 2.77. The number of ether oxygens (including phenoxy) is 1. The molecule has 0 aliphatic carbocycles. The number of halogens is 1. The SMILES string of the molecule is COC(=O)c1ncn(-c2nc(N)nc(Cl)n2)n1. The van der Waals surface area contributed by atoms with Crippen molar-refractivity contribution in [3.05, 3.63) is 17.4 Å². The summed E-state index contributed by atoms with van der Waals surface area (Å²) in [6, 6.07) is 0. The summed E-state index contributed by atoms with van der Waals surface area (Å²) in [7, 11) is 1.22. The van der Waals surface area contributed by atoms with E-state index in [1.165, 1.54) is 13.4 Å². The third-order valence-electron chi connectivity index (χ3n) is 1.68. The molecule has 9 nitrogen and oxygen atoms in total. The van der Waals surface area contributed by atoms with Crippen molar-refractivity contribution < 1.29 is 9.53 Å². The smallest absolute Gasteiger partial charge is 0.377 e. The Morgan fingerprint density at radius 2 is 2.24 bits per heavy atom. The zero-order valence-corrected chi connectivity index (χ0v) is 9.29. The molecule has 0 spiro atoms. The Hall–Kier alpha value is -2.29. The van der Waals surface area contributed by atoms with Gasteiger partial charge in [0, 0.05) is 0 Å². The first-order valence-corrected chi connectivity index (χ1v) is 4.65. The number of methoxy groups -OCH3 is 1. The molecular weight excluding hydrogens is 250 g/mol. The van der Waals surface area contributed by atoms with Crippen molar-refractivity contribution in [2.75, 3.05) is 12.8 Å². The maximum Gasteiger partial charge on any atom is 0.377 e. The van der Waals surface area contributed by atoms with Gasteiger partial charge in [-0.3, -0.25) is 0 Å². The fourth-order valence-corrected chi connectivity index (χ4v) is 1.16. The normalized spacial score (nSPS) is 10.2. The van der Waals surface area contributed by atoms with Crippen molar-refractivity contribution in [1.82, 2.24) is 29.7 Å². The molecule has 0 aromatic carbocycles. The van der Waals surface area contributed by atoms with Crippen LogP contribution < -0.4 is 5.73 Å². The average molecular weight is 256 g/mol. The van der Waals surface area contributed by atoms with E-state index in [0.29, 0.717) is 0 Å². The lowest BCUT2D eigenvalue weighted by atomic mass is 10.6. The van der Waals surface area contributed by atoms with E-state index >= 15 is 0 Å².